The minimum absolute atomic E-state index is 0.0211. The summed E-state index contributed by atoms with van der Waals surface area (Å²) in [4.78, 5) is 13.7. The third-order valence-corrected chi connectivity index (χ3v) is 2.31. The van der Waals surface area contributed by atoms with Gasteiger partial charge in [0.1, 0.15) is 6.10 Å². The van der Waals surface area contributed by atoms with Crippen LogP contribution in [0.1, 0.15) is 10.4 Å². The summed E-state index contributed by atoms with van der Waals surface area (Å²) in [7, 11) is 0. The molecule has 0 aromatic heterocycles. The second kappa shape index (κ2) is 6.78. The van der Waals surface area contributed by atoms with E-state index in [0.29, 0.717) is 0 Å². The number of nitrogens with zero attached hydrogens (tertiary/aromatic N) is 3. The van der Waals surface area contributed by atoms with Crippen molar-refractivity contribution in [3.63, 3.8) is 0 Å². The molecule has 1 rings (SSSR count). The topological polar surface area (TPSA) is 95.3 Å². The molecule has 9 heteroatoms. The van der Waals surface area contributed by atoms with Crippen molar-refractivity contribution in [3.05, 3.63) is 46.3 Å². The summed E-state index contributed by atoms with van der Waals surface area (Å²) >= 11 is 0. The van der Waals surface area contributed by atoms with Crippen LogP contribution in [-0.4, -0.2) is 36.0 Å². The molecule has 0 radical (unpaired) electrons. The van der Waals surface area contributed by atoms with Crippen LogP contribution in [0.3, 0.4) is 0 Å². The third kappa shape index (κ3) is 4.15. The number of hydrogen-bond acceptors (Lipinski definition) is 4. The number of aliphatic hydroxyl groups excluding tert-OH is 1. The van der Waals surface area contributed by atoms with Gasteiger partial charge in [-0.2, -0.15) is 13.2 Å². The molecular formula is C11H10F3N3O3. The Labute approximate surface area is 111 Å². The van der Waals surface area contributed by atoms with Gasteiger partial charge in [-0.15, -0.1) is 0 Å². The SMILES string of the molecule is [N-]=[N+]=N[C@@H]([C@@H](CO)OC(=O)c1ccccc1)C(F)(F)F. The molecule has 0 saturated carbocycles. The van der Waals surface area contributed by atoms with Crippen LogP contribution in [-0.2, 0) is 4.74 Å². The Morgan fingerprint density at radius 1 is 1.40 bits per heavy atom. The number of benzene rings is 1. The third-order valence-electron chi connectivity index (χ3n) is 2.31. The van der Waals surface area contributed by atoms with Crippen LogP contribution >= 0.6 is 0 Å². The van der Waals surface area contributed by atoms with E-state index in [0.717, 1.165) is 0 Å². The molecule has 1 aromatic carbocycles. The van der Waals surface area contributed by atoms with Crippen LogP contribution in [0.15, 0.2) is 35.4 Å². The van der Waals surface area contributed by atoms with E-state index >= 15 is 0 Å². The zero-order valence-electron chi connectivity index (χ0n) is 9.99. The highest BCUT2D eigenvalue weighted by molar-refractivity contribution is 5.89. The number of carbonyl (C=O) groups excluding carboxylic acids is 1. The first-order valence-corrected chi connectivity index (χ1v) is 5.38. The van der Waals surface area contributed by atoms with Crippen LogP contribution in [0.5, 0.6) is 0 Å². The molecule has 0 aliphatic heterocycles. The average molecular weight is 289 g/mol. The van der Waals surface area contributed by atoms with E-state index in [4.69, 9.17) is 10.6 Å². The number of alkyl halides is 3. The fourth-order valence-electron chi connectivity index (χ4n) is 1.39. The largest absolute Gasteiger partial charge is 0.456 e. The van der Waals surface area contributed by atoms with Crippen LogP contribution < -0.4 is 0 Å². The van der Waals surface area contributed by atoms with Crippen LogP contribution in [0.25, 0.3) is 10.4 Å². The van der Waals surface area contributed by atoms with E-state index < -0.39 is 30.9 Å². The van der Waals surface area contributed by atoms with Crippen molar-refractivity contribution in [2.75, 3.05) is 6.61 Å². The maximum atomic E-state index is 12.6. The number of carbonyl (C=O) groups is 1. The number of esters is 1. The molecule has 0 unspecified atom stereocenters. The molecule has 0 fully saturated rings. The van der Waals surface area contributed by atoms with Gasteiger partial charge in [0, 0.05) is 4.91 Å². The molecule has 6 nitrogen and oxygen atoms in total. The molecule has 0 heterocycles. The van der Waals surface area contributed by atoms with Crippen molar-refractivity contribution >= 4 is 5.97 Å². The summed E-state index contributed by atoms with van der Waals surface area (Å²) in [5.74, 6) is -1.05. The lowest BCUT2D eigenvalue weighted by Gasteiger charge is -2.23. The minimum atomic E-state index is -4.93. The molecule has 0 amide bonds. The maximum Gasteiger partial charge on any atom is 0.401 e. The van der Waals surface area contributed by atoms with Gasteiger partial charge in [-0.3, -0.25) is 0 Å². The van der Waals surface area contributed by atoms with Gasteiger partial charge >= 0.3 is 12.1 Å². The fraction of sp³-hybridized carbons (Fsp3) is 0.364. The molecule has 0 aliphatic carbocycles. The number of ether oxygens (including phenoxy) is 1. The van der Waals surface area contributed by atoms with Gasteiger partial charge in [0.25, 0.3) is 0 Å². The highest BCUT2D eigenvalue weighted by Crippen LogP contribution is 2.27. The lowest BCUT2D eigenvalue weighted by atomic mass is 10.1. The highest BCUT2D eigenvalue weighted by Gasteiger charge is 2.46. The summed E-state index contributed by atoms with van der Waals surface area (Å²) in [6.07, 6.45) is -6.94. The quantitative estimate of drug-likeness (QED) is 0.390. The monoisotopic (exact) mass is 289 g/mol. The van der Waals surface area contributed by atoms with Crippen molar-refractivity contribution in [2.24, 2.45) is 5.11 Å². The van der Waals surface area contributed by atoms with Gasteiger partial charge in [0.05, 0.1) is 12.2 Å². The summed E-state index contributed by atoms with van der Waals surface area (Å²) in [5.41, 5.74) is 8.15. The molecule has 20 heavy (non-hydrogen) atoms. The molecule has 0 bridgehead atoms. The van der Waals surface area contributed by atoms with Crippen molar-refractivity contribution in [1.82, 2.24) is 0 Å². The average Bonchev–Trinajstić information content (AvgIpc) is 2.42. The number of hydrogen-bond donors (Lipinski definition) is 1. The number of aliphatic hydroxyl groups is 1. The van der Waals surface area contributed by atoms with E-state index in [1.54, 1.807) is 6.07 Å². The second-order valence-electron chi connectivity index (χ2n) is 3.68. The molecule has 0 spiro atoms. The van der Waals surface area contributed by atoms with Gasteiger partial charge in [0.15, 0.2) is 6.04 Å². The maximum absolute atomic E-state index is 12.6. The number of halogens is 3. The Morgan fingerprint density at radius 3 is 2.45 bits per heavy atom. The van der Waals surface area contributed by atoms with Crippen molar-refractivity contribution in [2.45, 2.75) is 18.3 Å². The molecule has 0 aliphatic rings. The number of azide groups is 1. The van der Waals surface area contributed by atoms with Gasteiger partial charge in [-0.1, -0.05) is 23.3 Å². The standard InChI is InChI=1S/C11H10F3N3O3/c12-11(13,14)9(16-17-15)8(6-18)20-10(19)7-4-2-1-3-5-7/h1-5,8-9,18H,6H2/t8-,9+/m1/s1. The van der Waals surface area contributed by atoms with Gasteiger partial charge in [0.2, 0.25) is 0 Å². The van der Waals surface area contributed by atoms with Crippen molar-refractivity contribution in [1.29, 1.82) is 0 Å². The summed E-state index contributed by atoms with van der Waals surface area (Å²) in [5, 5.41) is 11.5. The van der Waals surface area contributed by atoms with E-state index in [1.165, 1.54) is 24.3 Å². The molecule has 1 N–H and O–H groups in total. The first-order chi connectivity index (χ1) is 9.40. The predicted molar refractivity (Wildman–Crippen MR) is 61.7 cm³/mol. The Kier molecular flexibility index (Phi) is 5.36. The first-order valence-electron chi connectivity index (χ1n) is 5.38. The Bertz CT molecular complexity index is 501. The highest BCUT2D eigenvalue weighted by atomic mass is 19.4. The number of rotatable bonds is 5. The van der Waals surface area contributed by atoms with Gasteiger partial charge in [-0.25, -0.2) is 4.79 Å². The smallest absolute Gasteiger partial charge is 0.401 e. The lowest BCUT2D eigenvalue weighted by molar-refractivity contribution is -0.172. The molecule has 108 valence electrons. The minimum Gasteiger partial charge on any atom is -0.456 e. The Morgan fingerprint density at radius 2 is 2.00 bits per heavy atom. The Balaban J connectivity index is 2.90. The van der Waals surface area contributed by atoms with E-state index in [2.05, 4.69) is 14.8 Å². The van der Waals surface area contributed by atoms with E-state index in [9.17, 15) is 18.0 Å². The van der Waals surface area contributed by atoms with Crippen LogP contribution in [0.4, 0.5) is 13.2 Å². The van der Waals surface area contributed by atoms with Crippen molar-refractivity contribution < 1.29 is 27.8 Å². The predicted octanol–water partition coefficient (Wildman–Crippen LogP) is 2.45. The van der Waals surface area contributed by atoms with Gasteiger partial charge < -0.3 is 9.84 Å². The molecule has 0 saturated heterocycles. The molecular weight excluding hydrogens is 279 g/mol. The van der Waals surface area contributed by atoms with Gasteiger partial charge in [-0.05, 0) is 17.7 Å². The zero-order valence-corrected chi connectivity index (χ0v) is 9.99. The molecule has 1 aromatic rings. The Hall–Kier alpha value is -2.25. The summed E-state index contributed by atoms with van der Waals surface area (Å²) in [6.45, 7) is -1.12. The van der Waals surface area contributed by atoms with E-state index in [-0.39, 0.29) is 5.56 Å². The zero-order chi connectivity index (χ0) is 15.2. The summed E-state index contributed by atoms with van der Waals surface area (Å²) < 4.78 is 42.4. The first kappa shape index (κ1) is 15.8. The fourth-order valence-corrected chi connectivity index (χ4v) is 1.39. The van der Waals surface area contributed by atoms with E-state index in [1.807, 2.05) is 0 Å². The van der Waals surface area contributed by atoms with Crippen LogP contribution in [0, 0.1) is 0 Å². The normalized spacial score (nSPS) is 14.0. The van der Waals surface area contributed by atoms with Crippen LogP contribution in [0.2, 0.25) is 0 Å². The molecule has 2 atom stereocenters. The lowest BCUT2D eigenvalue weighted by Crippen LogP contribution is -2.43. The second-order valence-corrected chi connectivity index (χ2v) is 3.68. The summed E-state index contributed by atoms with van der Waals surface area (Å²) in [6, 6.07) is 4.64. The van der Waals surface area contributed by atoms with Crippen molar-refractivity contribution in [3.8, 4) is 0 Å².